The Bertz CT molecular complexity index is 525. The van der Waals surface area contributed by atoms with Crippen molar-refractivity contribution in [1.82, 2.24) is 19.7 Å². The van der Waals surface area contributed by atoms with Crippen LogP contribution < -0.4 is 5.73 Å². The van der Waals surface area contributed by atoms with Crippen LogP contribution in [0.1, 0.15) is 5.69 Å². The van der Waals surface area contributed by atoms with Crippen molar-refractivity contribution in [3.8, 4) is 0 Å². The van der Waals surface area contributed by atoms with E-state index in [9.17, 15) is 4.79 Å². The maximum atomic E-state index is 10.5. The summed E-state index contributed by atoms with van der Waals surface area (Å²) in [5, 5.41) is 18.7. The van der Waals surface area contributed by atoms with E-state index in [-0.39, 0.29) is 11.7 Å². The molecule has 0 saturated carbocycles. The van der Waals surface area contributed by atoms with Crippen molar-refractivity contribution >= 4 is 35.0 Å². The number of hydrogen-bond donors (Lipinski definition) is 2. The van der Waals surface area contributed by atoms with Crippen LogP contribution in [0.25, 0.3) is 0 Å². The lowest BCUT2D eigenvalue weighted by molar-refractivity contribution is -0.133. The van der Waals surface area contributed by atoms with Crippen molar-refractivity contribution < 1.29 is 9.90 Å². The Morgan fingerprint density at radius 3 is 3.06 bits per heavy atom. The van der Waals surface area contributed by atoms with Gasteiger partial charge in [0.05, 0.1) is 17.0 Å². The minimum absolute atomic E-state index is 0.0607. The van der Waals surface area contributed by atoms with Gasteiger partial charge in [-0.2, -0.15) is 0 Å². The number of hydrogen-bond acceptors (Lipinski definition) is 7. The molecule has 2 heterocycles. The van der Waals surface area contributed by atoms with E-state index in [2.05, 4.69) is 15.2 Å². The number of anilines is 1. The van der Waals surface area contributed by atoms with Gasteiger partial charge in [0.2, 0.25) is 5.95 Å². The Kier molecular flexibility index (Phi) is 4.15. The lowest BCUT2D eigenvalue weighted by Gasteiger charge is -2.05. The number of carboxylic acid groups (broad SMARTS) is 1. The summed E-state index contributed by atoms with van der Waals surface area (Å²) in [6, 6.07) is 0. The van der Waals surface area contributed by atoms with Crippen LogP contribution in [0.3, 0.4) is 0 Å². The first-order valence-electron chi connectivity index (χ1n) is 5.07. The summed E-state index contributed by atoms with van der Waals surface area (Å²) >= 11 is 2.64. The predicted octanol–water partition coefficient (Wildman–Crippen LogP) is 0.736. The van der Waals surface area contributed by atoms with Gasteiger partial charge >= 0.3 is 5.97 Å². The fourth-order valence-corrected chi connectivity index (χ4v) is 2.62. The highest BCUT2D eigenvalue weighted by atomic mass is 32.2. The van der Waals surface area contributed by atoms with E-state index in [1.807, 2.05) is 5.38 Å². The van der Waals surface area contributed by atoms with Gasteiger partial charge in [-0.05, 0) is 0 Å². The second-order valence-corrected chi connectivity index (χ2v) is 5.07. The summed E-state index contributed by atoms with van der Waals surface area (Å²) in [7, 11) is 0. The van der Waals surface area contributed by atoms with Crippen LogP contribution in [0, 0.1) is 0 Å². The van der Waals surface area contributed by atoms with E-state index < -0.39 is 5.97 Å². The van der Waals surface area contributed by atoms with E-state index in [0.717, 1.165) is 17.5 Å². The quantitative estimate of drug-likeness (QED) is 0.753. The Hall–Kier alpha value is -1.61. The molecule has 0 aromatic carbocycles. The molecule has 0 bridgehead atoms. The fourth-order valence-electron chi connectivity index (χ4n) is 1.33. The highest BCUT2D eigenvalue weighted by Crippen LogP contribution is 2.18. The third-order valence-electron chi connectivity index (χ3n) is 2.15. The molecule has 0 aliphatic carbocycles. The van der Waals surface area contributed by atoms with Crippen molar-refractivity contribution in [3.63, 3.8) is 0 Å². The van der Waals surface area contributed by atoms with Crippen LogP contribution in [0.2, 0.25) is 0 Å². The van der Waals surface area contributed by atoms with Gasteiger partial charge in [-0.1, -0.05) is 11.8 Å². The number of nitrogen functional groups attached to an aromatic ring is 1. The van der Waals surface area contributed by atoms with Crippen molar-refractivity contribution in [1.29, 1.82) is 0 Å². The summed E-state index contributed by atoms with van der Waals surface area (Å²) in [5.41, 5.74) is 8.44. The summed E-state index contributed by atoms with van der Waals surface area (Å²) in [6.45, 7) is 0.588. The fraction of sp³-hybridized carbons (Fsp3) is 0.333. The highest BCUT2D eigenvalue weighted by Gasteiger charge is 2.12. The number of carboxylic acids is 1. The number of aromatic nitrogens is 4. The Labute approximate surface area is 111 Å². The molecule has 2 rings (SSSR count). The van der Waals surface area contributed by atoms with E-state index in [1.165, 1.54) is 11.3 Å². The lowest BCUT2D eigenvalue weighted by Crippen LogP contribution is -2.08. The minimum Gasteiger partial charge on any atom is -0.481 e. The predicted molar refractivity (Wildman–Crippen MR) is 68.6 cm³/mol. The zero-order valence-electron chi connectivity index (χ0n) is 9.31. The van der Waals surface area contributed by atoms with Crippen molar-refractivity contribution in [3.05, 3.63) is 16.6 Å². The van der Waals surface area contributed by atoms with E-state index in [1.54, 1.807) is 10.1 Å². The molecule has 0 unspecified atom stereocenters. The molecule has 0 radical (unpaired) electrons. The smallest absolute Gasteiger partial charge is 0.313 e. The first-order chi connectivity index (χ1) is 8.66. The van der Waals surface area contributed by atoms with Crippen LogP contribution in [-0.4, -0.2) is 36.6 Å². The molecule has 0 fully saturated rings. The van der Waals surface area contributed by atoms with Gasteiger partial charge in [-0.3, -0.25) is 9.36 Å². The summed E-state index contributed by atoms with van der Waals surface area (Å²) in [4.78, 5) is 14.7. The Balaban J connectivity index is 2.02. The second-order valence-electron chi connectivity index (χ2n) is 3.40. The lowest BCUT2D eigenvalue weighted by atomic mass is 10.3. The maximum absolute atomic E-state index is 10.5. The summed E-state index contributed by atoms with van der Waals surface area (Å²) < 4.78 is 1.70. The molecule has 0 amide bonds. The van der Waals surface area contributed by atoms with Gasteiger partial charge in [0.15, 0.2) is 5.16 Å². The van der Waals surface area contributed by atoms with Gasteiger partial charge < -0.3 is 10.8 Å². The van der Waals surface area contributed by atoms with E-state index in [4.69, 9.17) is 10.8 Å². The maximum Gasteiger partial charge on any atom is 0.313 e. The molecule has 2 aromatic rings. The minimum atomic E-state index is -0.896. The molecular weight excluding hydrogens is 274 g/mol. The number of rotatable bonds is 6. The average molecular weight is 285 g/mol. The normalized spacial score (nSPS) is 10.7. The van der Waals surface area contributed by atoms with Gasteiger partial charge in [0, 0.05) is 18.3 Å². The number of aliphatic carboxylic acids is 1. The van der Waals surface area contributed by atoms with Gasteiger partial charge in [-0.15, -0.1) is 21.5 Å². The Morgan fingerprint density at radius 1 is 1.56 bits per heavy atom. The molecule has 96 valence electrons. The number of carbonyl (C=O) groups is 1. The van der Waals surface area contributed by atoms with E-state index >= 15 is 0 Å². The van der Waals surface area contributed by atoms with Crippen LogP contribution >= 0.6 is 23.1 Å². The Morgan fingerprint density at radius 2 is 2.39 bits per heavy atom. The largest absolute Gasteiger partial charge is 0.481 e. The van der Waals surface area contributed by atoms with Crippen molar-refractivity contribution in [2.75, 3.05) is 11.5 Å². The average Bonchev–Trinajstić information content (AvgIpc) is 2.94. The van der Waals surface area contributed by atoms with Gasteiger partial charge in [0.1, 0.15) is 0 Å². The SMILES string of the molecule is Nc1nnc(SCC(=O)O)n1CCc1cscn1. The monoisotopic (exact) mass is 285 g/mol. The third-order valence-corrected chi connectivity index (χ3v) is 3.73. The number of thiazole rings is 1. The first-order valence-corrected chi connectivity index (χ1v) is 7.00. The molecule has 0 atom stereocenters. The number of nitrogens with zero attached hydrogens (tertiary/aromatic N) is 4. The zero-order chi connectivity index (χ0) is 13.0. The number of thioether (sulfide) groups is 1. The first kappa shape index (κ1) is 12.8. The highest BCUT2D eigenvalue weighted by molar-refractivity contribution is 7.99. The topological polar surface area (TPSA) is 107 Å². The molecular formula is C9H11N5O2S2. The van der Waals surface area contributed by atoms with Crippen LogP contribution in [0.4, 0.5) is 5.95 Å². The molecule has 2 aromatic heterocycles. The molecule has 3 N–H and O–H groups in total. The molecule has 0 spiro atoms. The second kappa shape index (κ2) is 5.83. The number of aryl methyl sites for hydroxylation is 1. The molecule has 0 aliphatic heterocycles. The summed E-state index contributed by atoms with van der Waals surface area (Å²) in [6.07, 6.45) is 0.715. The molecule has 0 aliphatic rings. The molecule has 0 saturated heterocycles. The number of nitrogens with two attached hydrogens (primary N) is 1. The van der Waals surface area contributed by atoms with Crippen LogP contribution in [0.15, 0.2) is 16.0 Å². The van der Waals surface area contributed by atoms with Crippen molar-refractivity contribution in [2.24, 2.45) is 0 Å². The van der Waals surface area contributed by atoms with Gasteiger partial charge in [-0.25, -0.2) is 4.98 Å². The molecule has 7 nitrogen and oxygen atoms in total. The third kappa shape index (κ3) is 3.20. The van der Waals surface area contributed by atoms with Crippen molar-refractivity contribution in [2.45, 2.75) is 18.1 Å². The summed E-state index contributed by atoms with van der Waals surface area (Å²) in [5.74, 6) is -0.666. The van der Waals surface area contributed by atoms with E-state index in [0.29, 0.717) is 18.1 Å². The van der Waals surface area contributed by atoms with Crippen LogP contribution in [0.5, 0.6) is 0 Å². The van der Waals surface area contributed by atoms with Gasteiger partial charge in [0.25, 0.3) is 0 Å². The standard InChI is InChI=1S/C9H11N5O2S2/c10-8-12-13-9(18-4-7(15)16)14(8)2-1-6-3-17-5-11-6/h3,5H,1-2,4H2,(H2,10,12)(H,15,16). The molecule has 9 heteroatoms. The van der Waals surface area contributed by atoms with Crippen LogP contribution in [-0.2, 0) is 17.8 Å². The molecule has 18 heavy (non-hydrogen) atoms. The zero-order valence-corrected chi connectivity index (χ0v) is 10.9.